The predicted octanol–water partition coefficient (Wildman–Crippen LogP) is 1.54. The summed E-state index contributed by atoms with van der Waals surface area (Å²) in [5.41, 5.74) is 5.68. The van der Waals surface area contributed by atoms with Crippen LogP contribution in [0.3, 0.4) is 0 Å². The minimum Gasteiger partial charge on any atom is -0.399 e. The molecule has 1 atom stereocenters. The monoisotopic (exact) mass is 187 g/mol. The Bertz CT molecular complexity index is 314. The summed E-state index contributed by atoms with van der Waals surface area (Å²) in [5, 5.41) is 0. The lowest BCUT2D eigenvalue weighted by atomic mass is 10.3. The lowest BCUT2D eigenvalue weighted by Crippen LogP contribution is -1.98. The molecular formula is C8H10FNOS. The van der Waals surface area contributed by atoms with Gasteiger partial charge >= 0.3 is 0 Å². The van der Waals surface area contributed by atoms with Crippen molar-refractivity contribution in [3.63, 3.8) is 0 Å². The molecule has 1 aromatic rings. The largest absolute Gasteiger partial charge is 0.399 e. The molecule has 1 rings (SSSR count). The van der Waals surface area contributed by atoms with Crippen molar-refractivity contribution in [1.82, 2.24) is 0 Å². The van der Waals surface area contributed by atoms with Gasteiger partial charge in [0.05, 0.1) is 15.7 Å². The first-order chi connectivity index (χ1) is 5.65. The minimum absolute atomic E-state index is 0.228. The topological polar surface area (TPSA) is 43.1 Å². The third-order valence-corrected chi connectivity index (χ3v) is 2.81. The smallest absolute Gasteiger partial charge is 0.141 e. The van der Waals surface area contributed by atoms with E-state index in [4.69, 9.17) is 5.73 Å². The van der Waals surface area contributed by atoms with Crippen molar-refractivity contribution < 1.29 is 8.60 Å². The Morgan fingerprint density at radius 3 is 2.75 bits per heavy atom. The van der Waals surface area contributed by atoms with Gasteiger partial charge in [0.15, 0.2) is 0 Å². The third-order valence-electron chi connectivity index (χ3n) is 1.46. The molecule has 0 aliphatic heterocycles. The molecule has 0 spiro atoms. The number of rotatable bonds is 2. The van der Waals surface area contributed by atoms with Gasteiger partial charge in [0, 0.05) is 11.4 Å². The predicted molar refractivity (Wildman–Crippen MR) is 47.8 cm³/mol. The fourth-order valence-electron chi connectivity index (χ4n) is 0.857. The Labute approximate surface area is 73.0 Å². The van der Waals surface area contributed by atoms with Crippen LogP contribution >= 0.6 is 0 Å². The Morgan fingerprint density at radius 2 is 2.25 bits per heavy atom. The molecule has 0 aliphatic carbocycles. The Kier molecular flexibility index (Phi) is 2.81. The van der Waals surface area contributed by atoms with Crippen LogP contribution in [-0.4, -0.2) is 9.96 Å². The molecule has 1 unspecified atom stereocenters. The van der Waals surface area contributed by atoms with E-state index >= 15 is 0 Å². The van der Waals surface area contributed by atoms with Crippen LogP contribution < -0.4 is 5.73 Å². The molecule has 0 saturated heterocycles. The molecule has 66 valence electrons. The summed E-state index contributed by atoms with van der Waals surface area (Å²) in [4.78, 5) is 0.228. The molecule has 0 saturated carbocycles. The number of benzene rings is 1. The number of nitrogen functional groups attached to an aromatic ring is 1. The van der Waals surface area contributed by atoms with Gasteiger partial charge in [-0.2, -0.15) is 0 Å². The lowest BCUT2D eigenvalue weighted by Gasteiger charge is -2.01. The zero-order valence-electron chi connectivity index (χ0n) is 6.71. The first-order valence-electron chi connectivity index (χ1n) is 3.58. The second kappa shape index (κ2) is 3.67. The molecule has 0 aliphatic rings. The van der Waals surface area contributed by atoms with E-state index in [1.807, 2.05) is 0 Å². The van der Waals surface area contributed by atoms with E-state index in [2.05, 4.69) is 0 Å². The van der Waals surface area contributed by atoms with Crippen LogP contribution in [0.5, 0.6) is 0 Å². The standard InChI is InChI=1S/C8H10FNOS/c1-2-12(11)8-4-3-6(10)5-7(8)9/h3-5H,2,10H2,1H3. The van der Waals surface area contributed by atoms with Gasteiger partial charge in [-0.1, -0.05) is 6.92 Å². The first kappa shape index (κ1) is 9.19. The third kappa shape index (κ3) is 1.82. The highest BCUT2D eigenvalue weighted by molar-refractivity contribution is 7.85. The van der Waals surface area contributed by atoms with Crippen molar-refractivity contribution in [1.29, 1.82) is 0 Å². The van der Waals surface area contributed by atoms with Gasteiger partial charge in [0.25, 0.3) is 0 Å². The second-order valence-corrected chi connectivity index (χ2v) is 4.03. The molecule has 1 aromatic carbocycles. The van der Waals surface area contributed by atoms with E-state index in [0.29, 0.717) is 11.4 Å². The molecule has 0 heterocycles. The van der Waals surface area contributed by atoms with E-state index in [0.717, 1.165) is 0 Å². The summed E-state index contributed by atoms with van der Waals surface area (Å²) in [6, 6.07) is 4.19. The maximum Gasteiger partial charge on any atom is 0.141 e. The molecule has 0 aromatic heterocycles. The van der Waals surface area contributed by atoms with Crippen molar-refractivity contribution in [2.75, 3.05) is 11.5 Å². The van der Waals surface area contributed by atoms with Gasteiger partial charge < -0.3 is 5.73 Å². The number of hydrogen-bond acceptors (Lipinski definition) is 2. The average Bonchev–Trinajstić information content (AvgIpc) is 2.03. The van der Waals surface area contributed by atoms with Crippen LogP contribution in [0.4, 0.5) is 10.1 Å². The van der Waals surface area contributed by atoms with Crippen LogP contribution in [0.1, 0.15) is 6.92 Å². The summed E-state index contributed by atoms with van der Waals surface area (Å²) < 4.78 is 24.2. The highest BCUT2D eigenvalue weighted by Gasteiger charge is 2.07. The fraction of sp³-hybridized carbons (Fsp3) is 0.250. The Balaban J connectivity index is 3.09. The maximum absolute atomic E-state index is 13.0. The highest BCUT2D eigenvalue weighted by Crippen LogP contribution is 2.15. The maximum atomic E-state index is 13.0. The molecule has 0 radical (unpaired) electrons. The molecule has 0 fully saturated rings. The minimum atomic E-state index is -1.24. The SMILES string of the molecule is CCS(=O)c1ccc(N)cc1F. The normalized spacial score (nSPS) is 12.8. The number of hydrogen-bond donors (Lipinski definition) is 1. The summed E-state index contributed by atoms with van der Waals surface area (Å²) in [6.07, 6.45) is 0. The lowest BCUT2D eigenvalue weighted by molar-refractivity contribution is 0.596. The van der Waals surface area contributed by atoms with Gasteiger partial charge in [-0.3, -0.25) is 4.21 Å². The zero-order valence-corrected chi connectivity index (χ0v) is 7.53. The van der Waals surface area contributed by atoms with Crippen LogP contribution in [0.25, 0.3) is 0 Å². The van der Waals surface area contributed by atoms with Gasteiger partial charge in [-0.15, -0.1) is 0 Å². The van der Waals surface area contributed by atoms with Crippen LogP contribution in [0.2, 0.25) is 0 Å². The van der Waals surface area contributed by atoms with Crippen LogP contribution in [0, 0.1) is 5.82 Å². The molecule has 0 amide bonds. The molecule has 12 heavy (non-hydrogen) atoms. The number of anilines is 1. The first-order valence-corrected chi connectivity index (χ1v) is 4.90. The van der Waals surface area contributed by atoms with Gasteiger partial charge in [0.1, 0.15) is 5.82 Å². The van der Waals surface area contributed by atoms with Gasteiger partial charge in [0.2, 0.25) is 0 Å². The number of nitrogens with two attached hydrogens (primary N) is 1. The van der Waals surface area contributed by atoms with Crippen LogP contribution in [0.15, 0.2) is 23.1 Å². The van der Waals surface area contributed by atoms with E-state index < -0.39 is 16.6 Å². The van der Waals surface area contributed by atoms with Crippen molar-refractivity contribution in [3.8, 4) is 0 Å². The molecular weight excluding hydrogens is 177 g/mol. The van der Waals surface area contributed by atoms with Crippen molar-refractivity contribution in [2.24, 2.45) is 0 Å². The summed E-state index contributed by atoms with van der Waals surface area (Å²) >= 11 is 0. The molecule has 0 bridgehead atoms. The Morgan fingerprint density at radius 1 is 1.58 bits per heavy atom. The zero-order chi connectivity index (χ0) is 9.14. The Hall–Kier alpha value is -0.900. The van der Waals surface area contributed by atoms with Crippen molar-refractivity contribution in [3.05, 3.63) is 24.0 Å². The van der Waals surface area contributed by atoms with E-state index in [1.54, 1.807) is 13.0 Å². The van der Waals surface area contributed by atoms with Crippen LogP contribution in [-0.2, 0) is 10.8 Å². The fourth-order valence-corrected chi connectivity index (χ4v) is 1.66. The summed E-state index contributed by atoms with van der Waals surface area (Å²) in [6.45, 7) is 1.74. The summed E-state index contributed by atoms with van der Waals surface area (Å²) in [7, 11) is -1.24. The van der Waals surface area contributed by atoms with Crippen molar-refractivity contribution >= 4 is 16.5 Å². The van der Waals surface area contributed by atoms with E-state index in [1.165, 1.54) is 12.1 Å². The van der Waals surface area contributed by atoms with E-state index in [9.17, 15) is 8.60 Å². The van der Waals surface area contributed by atoms with Gasteiger partial charge in [-0.25, -0.2) is 4.39 Å². The second-order valence-electron chi connectivity index (χ2n) is 2.32. The highest BCUT2D eigenvalue weighted by atomic mass is 32.2. The van der Waals surface area contributed by atoms with E-state index in [-0.39, 0.29) is 4.90 Å². The van der Waals surface area contributed by atoms with Gasteiger partial charge in [-0.05, 0) is 18.2 Å². The molecule has 2 N–H and O–H groups in total. The average molecular weight is 187 g/mol. The quantitative estimate of drug-likeness (QED) is 0.713. The molecule has 4 heteroatoms. The van der Waals surface area contributed by atoms with Crippen molar-refractivity contribution in [2.45, 2.75) is 11.8 Å². The summed E-state index contributed by atoms with van der Waals surface area (Å²) in [5.74, 6) is -0.0731. The number of halogens is 1. The molecule has 2 nitrogen and oxygen atoms in total.